The molecule has 3 aromatic carbocycles. The van der Waals surface area contributed by atoms with E-state index >= 15 is 0 Å². The van der Waals surface area contributed by atoms with Gasteiger partial charge in [-0.15, -0.1) is 0 Å². The van der Waals surface area contributed by atoms with Crippen LogP contribution in [0.3, 0.4) is 0 Å². The molecule has 0 saturated heterocycles. The van der Waals surface area contributed by atoms with Gasteiger partial charge >= 0.3 is 0 Å². The number of carbonyl (C=O) groups is 1. The van der Waals surface area contributed by atoms with E-state index in [4.69, 9.17) is 4.74 Å². The second-order valence-electron chi connectivity index (χ2n) is 7.46. The van der Waals surface area contributed by atoms with Crippen LogP contribution in [-0.4, -0.2) is 25.5 Å². The maximum Gasteiger partial charge on any atom is 0.277 e. The van der Waals surface area contributed by atoms with Gasteiger partial charge in [-0.1, -0.05) is 58.4 Å². The number of aromatic nitrogens is 4. The first-order valence-corrected chi connectivity index (χ1v) is 11.2. The van der Waals surface area contributed by atoms with Gasteiger partial charge in [0.1, 0.15) is 5.75 Å². The normalized spacial score (nSPS) is 10.9. The third-order valence-corrected chi connectivity index (χ3v) is 5.67. The van der Waals surface area contributed by atoms with Crippen LogP contribution in [0.2, 0.25) is 0 Å². The summed E-state index contributed by atoms with van der Waals surface area (Å²) in [5.74, 6) is 0.866. The predicted octanol–water partition coefficient (Wildman–Crippen LogP) is 5.33. The van der Waals surface area contributed by atoms with Crippen LogP contribution in [-0.2, 0) is 13.3 Å². The van der Waals surface area contributed by atoms with Gasteiger partial charge in [-0.3, -0.25) is 9.48 Å². The summed E-state index contributed by atoms with van der Waals surface area (Å²) in [6, 6.07) is 25.4. The predicted molar refractivity (Wildman–Crippen MR) is 130 cm³/mol. The topological polar surface area (TPSA) is 74.0 Å². The van der Waals surface area contributed by atoms with Crippen molar-refractivity contribution in [3.8, 4) is 5.75 Å². The Morgan fingerprint density at radius 3 is 2.55 bits per heavy atom. The summed E-state index contributed by atoms with van der Waals surface area (Å²) in [4.78, 5) is 12.6. The van der Waals surface area contributed by atoms with E-state index in [-0.39, 0.29) is 18.3 Å². The Kier molecular flexibility index (Phi) is 5.91. The molecule has 0 spiro atoms. The van der Waals surface area contributed by atoms with Crippen molar-refractivity contribution < 1.29 is 9.53 Å². The van der Waals surface area contributed by atoms with Crippen LogP contribution in [0.25, 0.3) is 10.8 Å². The summed E-state index contributed by atoms with van der Waals surface area (Å²) < 4.78 is 10.0. The second kappa shape index (κ2) is 9.30. The van der Waals surface area contributed by atoms with Crippen LogP contribution in [0, 0.1) is 0 Å². The monoisotopic (exact) mass is 501 g/mol. The first-order chi connectivity index (χ1) is 16.1. The highest BCUT2D eigenvalue weighted by Gasteiger charge is 2.12. The molecule has 1 N–H and O–H groups in total. The molecule has 7 nitrogen and oxygen atoms in total. The van der Waals surface area contributed by atoms with Crippen LogP contribution < -0.4 is 10.1 Å². The van der Waals surface area contributed by atoms with Crippen molar-refractivity contribution in [1.29, 1.82) is 0 Å². The molecule has 8 heteroatoms. The van der Waals surface area contributed by atoms with Crippen molar-refractivity contribution in [2.45, 2.75) is 13.3 Å². The number of ether oxygens (including phenoxy) is 1. The zero-order valence-electron chi connectivity index (χ0n) is 17.6. The number of fused-ring (bicyclic) bond motifs is 1. The SMILES string of the molecule is O=C(Nc1ccn(Cc2cccc3ccccc23)n1)c1ccn(COc2ccc(Br)cc2)n1. The van der Waals surface area contributed by atoms with E-state index in [9.17, 15) is 4.79 Å². The molecule has 0 atom stereocenters. The van der Waals surface area contributed by atoms with Crippen LogP contribution in [0.4, 0.5) is 5.82 Å². The number of hydrogen-bond donors (Lipinski definition) is 1. The van der Waals surface area contributed by atoms with E-state index in [1.807, 2.05) is 53.3 Å². The minimum absolute atomic E-state index is 0.203. The van der Waals surface area contributed by atoms with Crippen molar-refractivity contribution in [3.05, 3.63) is 107 Å². The lowest BCUT2D eigenvalue weighted by Crippen LogP contribution is -2.15. The molecule has 5 rings (SSSR count). The molecule has 0 fully saturated rings. The quantitative estimate of drug-likeness (QED) is 0.327. The molecule has 5 aromatic rings. The Hall–Kier alpha value is -3.91. The molecule has 1 amide bonds. The van der Waals surface area contributed by atoms with Crippen molar-refractivity contribution in [2.24, 2.45) is 0 Å². The van der Waals surface area contributed by atoms with Crippen LogP contribution >= 0.6 is 15.9 Å². The van der Waals surface area contributed by atoms with E-state index in [0.717, 1.165) is 10.2 Å². The summed E-state index contributed by atoms with van der Waals surface area (Å²) >= 11 is 3.39. The molecule has 2 aromatic heterocycles. The van der Waals surface area contributed by atoms with E-state index < -0.39 is 0 Å². The van der Waals surface area contributed by atoms with Crippen LogP contribution in [0.1, 0.15) is 16.1 Å². The number of anilines is 1. The summed E-state index contributed by atoms with van der Waals surface area (Å²) in [5.41, 5.74) is 1.46. The molecule has 0 unspecified atom stereocenters. The maximum absolute atomic E-state index is 12.6. The van der Waals surface area contributed by atoms with Crippen molar-refractivity contribution in [2.75, 3.05) is 5.32 Å². The minimum Gasteiger partial charge on any atom is -0.471 e. The van der Waals surface area contributed by atoms with Gasteiger partial charge in [0.25, 0.3) is 5.91 Å². The molecule has 164 valence electrons. The number of halogens is 1. The van der Waals surface area contributed by atoms with E-state index in [1.54, 1.807) is 23.0 Å². The minimum atomic E-state index is -0.326. The lowest BCUT2D eigenvalue weighted by molar-refractivity contribution is 0.101. The molecule has 0 bridgehead atoms. The summed E-state index contributed by atoms with van der Waals surface area (Å²) in [5, 5.41) is 14.0. The van der Waals surface area contributed by atoms with Gasteiger partial charge in [-0.2, -0.15) is 10.2 Å². The van der Waals surface area contributed by atoms with Gasteiger partial charge in [0.15, 0.2) is 18.2 Å². The van der Waals surface area contributed by atoms with Gasteiger partial charge < -0.3 is 10.1 Å². The van der Waals surface area contributed by atoms with Gasteiger partial charge in [-0.25, -0.2) is 4.68 Å². The Balaban J connectivity index is 1.21. The highest BCUT2D eigenvalue weighted by Crippen LogP contribution is 2.20. The second-order valence-corrected chi connectivity index (χ2v) is 8.37. The van der Waals surface area contributed by atoms with Gasteiger partial charge in [0, 0.05) is 22.9 Å². The number of amides is 1. The Morgan fingerprint density at radius 2 is 1.67 bits per heavy atom. The van der Waals surface area contributed by atoms with E-state index in [2.05, 4.69) is 55.7 Å². The third-order valence-electron chi connectivity index (χ3n) is 5.14. The van der Waals surface area contributed by atoms with E-state index in [1.165, 1.54) is 16.3 Å². The fourth-order valence-corrected chi connectivity index (χ4v) is 3.79. The first-order valence-electron chi connectivity index (χ1n) is 10.4. The largest absolute Gasteiger partial charge is 0.471 e. The van der Waals surface area contributed by atoms with Gasteiger partial charge in [0.05, 0.1) is 6.54 Å². The average molecular weight is 502 g/mol. The Labute approximate surface area is 198 Å². The average Bonchev–Trinajstić information content (AvgIpc) is 3.49. The number of hydrogen-bond acceptors (Lipinski definition) is 4. The van der Waals surface area contributed by atoms with Crippen LogP contribution in [0.5, 0.6) is 5.75 Å². The third kappa shape index (κ3) is 4.96. The fourth-order valence-electron chi connectivity index (χ4n) is 3.53. The molecule has 0 aliphatic heterocycles. The van der Waals surface area contributed by atoms with Gasteiger partial charge in [-0.05, 0) is 46.7 Å². The first kappa shape index (κ1) is 21.0. The number of benzene rings is 3. The molecule has 0 saturated carbocycles. The lowest BCUT2D eigenvalue weighted by atomic mass is 10.0. The highest BCUT2D eigenvalue weighted by molar-refractivity contribution is 9.10. The molecule has 33 heavy (non-hydrogen) atoms. The Bertz CT molecular complexity index is 1400. The summed E-state index contributed by atoms with van der Waals surface area (Å²) in [6.07, 6.45) is 3.55. The number of nitrogens with one attached hydrogen (secondary N) is 1. The summed E-state index contributed by atoms with van der Waals surface area (Å²) in [7, 11) is 0. The number of rotatable bonds is 7. The van der Waals surface area contributed by atoms with Crippen molar-refractivity contribution >= 4 is 38.4 Å². The highest BCUT2D eigenvalue weighted by atomic mass is 79.9. The molecule has 0 aliphatic rings. The molecule has 0 radical (unpaired) electrons. The molecular weight excluding hydrogens is 482 g/mol. The smallest absolute Gasteiger partial charge is 0.277 e. The Morgan fingerprint density at radius 1 is 0.879 bits per heavy atom. The number of nitrogens with zero attached hydrogens (tertiary/aromatic N) is 4. The van der Waals surface area contributed by atoms with Crippen LogP contribution in [0.15, 0.2) is 95.7 Å². The van der Waals surface area contributed by atoms with Crippen molar-refractivity contribution in [1.82, 2.24) is 19.6 Å². The lowest BCUT2D eigenvalue weighted by Gasteiger charge is -2.07. The standard InChI is InChI=1S/C25H20BrN5O2/c26-20-8-10-21(11-9-20)33-17-31-14-12-23(28-31)25(32)27-24-13-15-30(29-24)16-19-6-3-5-18-4-1-2-7-22(18)19/h1-15H,16-17H2,(H,27,29,32). The zero-order chi connectivity index (χ0) is 22.6. The molecule has 0 aliphatic carbocycles. The van der Waals surface area contributed by atoms with E-state index in [0.29, 0.717) is 12.4 Å². The van der Waals surface area contributed by atoms with Gasteiger partial charge in [0.2, 0.25) is 0 Å². The zero-order valence-corrected chi connectivity index (χ0v) is 19.1. The van der Waals surface area contributed by atoms with Crippen molar-refractivity contribution in [3.63, 3.8) is 0 Å². The molecular formula is C25H20BrN5O2. The fraction of sp³-hybridized carbons (Fsp3) is 0.0800. The number of carbonyl (C=O) groups excluding carboxylic acids is 1. The summed E-state index contributed by atoms with van der Waals surface area (Å²) in [6.45, 7) is 0.813. The molecule has 2 heterocycles. The maximum atomic E-state index is 12.6.